The third-order valence-corrected chi connectivity index (χ3v) is 17.3. The van der Waals surface area contributed by atoms with Crippen LogP contribution < -0.4 is 0 Å². The molecule has 2 amide bonds. The second-order valence-corrected chi connectivity index (χ2v) is 20.9. The number of fused-ring (bicyclic) bond motifs is 4. The highest BCUT2D eigenvalue weighted by Gasteiger charge is 2.58. The van der Waals surface area contributed by atoms with E-state index in [0.29, 0.717) is 44.2 Å². The van der Waals surface area contributed by atoms with Gasteiger partial charge in [-0.1, -0.05) is 82.4 Å². The van der Waals surface area contributed by atoms with E-state index in [1.807, 2.05) is 48.5 Å². The van der Waals surface area contributed by atoms with Gasteiger partial charge in [0.25, 0.3) is 0 Å². The molecule has 4 heterocycles. The lowest BCUT2D eigenvalue weighted by Crippen LogP contribution is -2.62. The number of carbonyl (C=O) groups is 2. The fourth-order valence-corrected chi connectivity index (χ4v) is 11.0. The van der Waals surface area contributed by atoms with Crippen molar-refractivity contribution in [1.29, 1.82) is 0 Å². The summed E-state index contributed by atoms with van der Waals surface area (Å²) in [5.74, 6) is -0.988. The van der Waals surface area contributed by atoms with E-state index >= 15 is 0 Å². The first kappa shape index (κ1) is 38.4. The largest absolute Gasteiger partial charge is 0.471 e. The summed E-state index contributed by atoms with van der Waals surface area (Å²) in [5.41, 5.74) is 5.93. The number of benzene rings is 2. The number of halogens is 6. The lowest BCUT2D eigenvalue weighted by atomic mass is 9.60. The van der Waals surface area contributed by atoms with Gasteiger partial charge < -0.3 is 14.0 Å². The highest BCUT2D eigenvalue weighted by molar-refractivity contribution is 6.79. The van der Waals surface area contributed by atoms with Crippen LogP contribution in [0.2, 0.25) is 18.1 Å². The fourth-order valence-electron chi connectivity index (χ4n) is 8.61. The molecule has 2 aromatic carbocycles. The van der Waals surface area contributed by atoms with Gasteiger partial charge in [-0.2, -0.15) is 26.3 Å². The number of rotatable bonds is 3. The lowest BCUT2D eigenvalue weighted by molar-refractivity contribution is -0.188. The van der Waals surface area contributed by atoms with Crippen molar-refractivity contribution in [2.24, 2.45) is 4.99 Å². The zero-order valence-corrected chi connectivity index (χ0v) is 31.6. The molecule has 1 aliphatic carbocycles. The number of aromatic nitrogens is 1. The van der Waals surface area contributed by atoms with Gasteiger partial charge in [-0.15, -0.1) is 12.3 Å². The number of nitrogens with zero attached hydrogens (tertiary/aromatic N) is 4. The van der Waals surface area contributed by atoms with E-state index in [1.54, 1.807) is 0 Å². The molecular formula is C40H44F6N4O2Si. The molecule has 282 valence electrons. The van der Waals surface area contributed by atoms with Crippen LogP contribution >= 0.6 is 0 Å². The van der Waals surface area contributed by atoms with Gasteiger partial charge in [0.1, 0.15) is 0 Å². The molecule has 1 saturated heterocycles. The maximum atomic E-state index is 13.4. The molecule has 3 aliphatic heterocycles. The van der Waals surface area contributed by atoms with E-state index < -0.39 is 49.9 Å². The quantitative estimate of drug-likeness (QED) is 0.116. The number of likely N-dealkylation sites (tertiary alicyclic amines) is 1. The topological polar surface area (TPSA) is 57.9 Å². The second-order valence-electron chi connectivity index (χ2n) is 15.9. The van der Waals surface area contributed by atoms with Crippen LogP contribution in [0.5, 0.6) is 0 Å². The van der Waals surface area contributed by atoms with Crippen LogP contribution in [-0.2, 0) is 21.4 Å². The first-order chi connectivity index (χ1) is 24.7. The highest BCUT2D eigenvalue weighted by Crippen LogP contribution is 2.55. The Morgan fingerprint density at radius 2 is 1.57 bits per heavy atom. The maximum absolute atomic E-state index is 13.4. The number of para-hydroxylation sites is 2. The Bertz CT molecular complexity index is 2050. The molecule has 0 N–H and O–H groups in total. The van der Waals surface area contributed by atoms with Crippen LogP contribution in [0.1, 0.15) is 75.7 Å². The van der Waals surface area contributed by atoms with E-state index in [9.17, 15) is 35.9 Å². The Kier molecular flexibility index (Phi) is 9.58. The number of hydrogen-bond acceptors (Lipinski definition) is 3. The molecule has 2 bridgehead atoms. The Balaban J connectivity index is 0.000000187. The van der Waals surface area contributed by atoms with Crippen molar-refractivity contribution >= 4 is 42.4 Å². The molecule has 3 aromatic rings. The van der Waals surface area contributed by atoms with Crippen molar-refractivity contribution in [2.75, 3.05) is 13.1 Å². The number of alkyl halides is 6. The summed E-state index contributed by atoms with van der Waals surface area (Å²) in [6.45, 7) is 15.3. The molecule has 4 aliphatic rings. The van der Waals surface area contributed by atoms with Crippen LogP contribution in [0.25, 0.3) is 10.9 Å². The van der Waals surface area contributed by atoms with E-state index in [4.69, 9.17) is 6.42 Å². The van der Waals surface area contributed by atoms with Gasteiger partial charge in [-0.05, 0) is 60.4 Å². The zero-order chi connectivity index (χ0) is 38.9. The molecule has 6 nitrogen and oxygen atoms in total. The molecule has 3 atom stereocenters. The van der Waals surface area contributed by atoms with Crippen molar-refractivity contribution in [1.82, 2.24) is 14.0 Å². The van der Waals surface area contributed by atoms with Crippen LogP contribution in [0.15, 0.2) is 65.7 Å². The summed E-state index contributed by atoms with van der Waals surface area (Å²) < 4.78 is 81.2. The van der Waals surface area contributed by atoms with Crippen molar-refractivity contribution < 1.29 is 35.9 Å². The van der Waals surface area contributed by atoms with Gasteiger partial charge in [0, 0.05) is 36.1 Å². The van der Waals surface area contributed by atoms with Crippen molar-refractivity contribution in [2.45, 2.75) is 107 Å². The monoisotopic (exact) mass is 754 g/mol. The molecule has 53 heavy (non-hydrogen) atoms. The third kappa shape index (κ3) is 6.20. The summed E-state index contributed by atoms with van der Waals surface area (Å²) in [6.07, 6.45) is -1.77. The van der Waals surface area contributed by atoms with Gasteiger partial charge in [0.05, 0.1) is 28.9 Å². The number of amides is 2. The lowest BCUT2D eigenvalue weighted by Gasteiger charge is -2.50. The molecule has 0 spiro atoms. The van der Waals surface area contributed by atoms with Gasteiger partial charge in [0.2, 0.25) is 0 Å². The highest BCUT2D eigenvalue weighted by atomic mass is 28.3. The molecule has 3 unspecified atom stereocenters. The van der Waals surface area contributed by atoms with Crippen molar-refractivity contribution in [3.8, 4) is 12.3 Å². The molecule has 0 radical (unpaired) electrons. The van der Waals surface area contributed by atoms with Gasteiger partial charge >= 0.3 is 24.2 Å². The Morgan fingerprint density at radius 1 is 0.943 bits per heavy atom. The summed E-state index contributed by atoms with van der Waals surface area (Å²) >= 11 is 0. The summed E-state index contributed by atoms with van der Waals surface area (Å²) in [6, 6.07) is 14.4. The maximum Gasteiger partial charge on any atom is 0.471 e. The Hall–Kier alpha value is -4.31. The Labute approximate surface area is 307 Å². The predicted molar refractivity (Wildman–Crippen MR) is 197 cm³/mol. The smallest absolute Gasteiger partial charge is 0.370 e. The van der Waals surface area contributed by atoms with Gasteiger partial charge in [-0.3, -0.25) is 14.6 Å². The van der Waals surface area contributed by atoms with E-state index in [2.05, 4.69) is 55.6 Å². The number of allylic oxidation sites excluding steroid dienone is 1. The average Bonchev–Trinajstić information content (AvgIpc) is 3.62. The summed E-state index contributed by atoms with van der Waals surface area (Å²) in [7, 11) is -2.22. The average molecular weight is 755 g/mol. The summed E-state index contributed by atoms with van der Waals surface area (Å²) in [4.78, 5) is 30.7. The predicted octanol–water partition coefficient (Wildman–Crippen LogP) is 9.42. The van der Waals surface area contributed by atoms with Crippen molar-refractivity contribution in [3.05, 3.63) is 77.5 Å². The minimum atomic E-state index is -4.90. The van der Waals surface area contributed by atoms with Gasteiger partial charge in [0.15, 0.2) is 8.24 Å². The van der Waals surface area contributed by atoms with Crippen LogP contribution in [0, 0.1) is 12.3 Å². The SMILES string of the molecule is C#CCCC1c2c(c3ccccc3n2[Si](C)(C)C(C)(C)C)CCN1C(=O)C(F)(F)F.C=C1CCC2C3=Nc4ccccc4C13CCN2C(=O)C(F)(F)F. The van der Waals surface area contributed by atoms with Crippen LogP contribution in [0.4, 0.5) is 32.0 Å². The number of aliphatic imine (C=N–C) groups is 1. The molecule has 7 rings (SSSR count). The van der Waals surface area contributed by atoms with Crippen molar-refractivity contribution in [3.63, 3.8) is 0 Å². The Morgan fingerprint density at radius 3 is 2.21 bits per heavy atom. The second kappa shape index (κ2) is 13.2. The minimum absolute atomic E-state index is 0.0461. The van der Waals surface area contributed by atoms with E-state index in [1.165, 1.54) is 0 Å². The van der Waals surface area contributed by atoms with Crippen LogP contribution in [0.3, 0.4) is 0 Å². The molecule has 1 saturated carbocycles. The number of carbonyl (C=O) groups excluding carboxylic acids is 2. The first-order valence-electron chi connectivity index (χ1n) is 17.9. The minimum Gasteiger partial charge on any atom is -0.370 e. The number of terminal acetylenes is 1. The number of hydrogen-bond donors (Lipinski definition) is 0. The zero-order valence-electron chi connectivity index (χ0n) is 30.6. The molecule has 13 heteroatoms. The van der Waals surface area contributed by atoms with Crippen LogP contribution in [-0.4, -0.2) is 71.3 Å². The van der Waals surface area contributed by atoms with E-state index in [0.717, 1.165) is 48.8 Å². The normalized spacial score (nSPS) is 22.6. The third-order valence-electron chi connectivity index (χ3n) is 12.1. The molecular weight excluding hydrogens is 711 g/mol. The standard InChI is InChI=1S/C23H29F3N2OSi.C17H15F3N2O/c1-7-8-12-19-20-17(14-15-27(19)21(29)23(24,25)26)16-11-9-10-13-18(16)28(20)30(5,6)22(2,3)4;1-10-6-7-13-14-16(10,11-4-2-3-5-12(11)21-14)8-9-22(13)15(23)17(18,19)20/h1,9-11,13,19H,8,12,14-15H2,2-6H3;2-5,13H,1,6-9H2. The van der Waals surface area contributed by atoms with Gasteiger partial charge in [-0.25, -0.2) is 0 Å². The molecule has 1 aromatic heterocycles. The first-order valence-corrected chi connectivity index (χ1v) is 20.8. The van der Waals surface area contributed by atoms with E-state index in [-0.39, 0.29) is 18.1 Å². The number of piperidine rings is 1. The fraction of sp³-hybridized carbons (Fsp3) is 0.475. The molecule has 2 fully saturated rings. The summed E-state index contributed by atoms with van der Waals surface area (Å²) in [5, 5.41) is 1.03.